The van der Waals surface area contributed by atoms with Gasteiger partial charge in [0.2, 0.25) is 0 Å². The first-order valence-electron chi connectivity index (χ1n) is 5.88. The van der Waals surface area contributed by atoms with Crippen LogP contribution < -0.4 is 5.32 Å². The zero-order valence-electron chi connectivity index (χ0n) is 10.4. The van der Waals surface area contributed by atoms with Crippen LogP contribution in [0.5, 0.6) is 0 Å². The summed E-state index contributed by atoms with van der Waals surface area (Å²) in [5.41, 5.74) is 2.38. The second kappa shape index (κ2) is 5.76. The molecule has 2 rings (SSSR count). The van der Waals surface area contributed by atoms with Gasteiger partial charge < -0.3 is 10.4 Å². The Kier molecular flexibility index (Phi) is 4.07. The van der Waals surface area contributed by atoms with Crippen molar-refractivity contribution in [3.8, 4) is 0 Å². The van der Waals surface area contributed by atoms with E-state index in [1.54, 1.807) is 24.3 Å². The van der Waals surface area contributed by atoms with Gasteiger partial charge in [0.15, 0.2) is 6.04 Å². The smallest absolute Gasteiger partial charge is 0.330 e. The first kappa shape index (κ1) is 13.4. The molecular formula is C15H14ClNO2. The SMILES string of the molecule is Cc1ccc(Cl)cc1NC(C(=O)O)c1ccccc1. The first-order chi connectivity index (χ1) is 9.08. The van der Waals surface area contributed by atoms with Crippen molar-refractivity contribution in [2.75, 3.05) is 5.32 Å². The molecule has 2 N–H and O–H groups in total. The quantitative estimate of drug-likeness (QED) is 0.890. The summed E-state index contributed by atoms with van der Waals surface area (Å²) >= 11 is 5.94. The Bertz CT molecular complexity index is 584. The highest BCUT2D eigenvalue weighted by molar-refractivity contribution is 6.30. The molecule has 0 fully saturated rings. The van der Waals surface area contributed by atoms with Crippen molar-refractivity contribution in [3.63, 3.8) is 0 Å². The fraction of sp³-hybridized carbons (Fsp3) is 0.133. The predicted molar refractivity (Wildman–Crippen MR) is 76.6 cm³/mol. The maximum absolute atomic E-state index is 11.4. The van der Waals surface area contributed by atoms with E-state index in [0.717, 1.165) is 11.3 Å². The number of carboxylic acids is 1. The molecule has 0 aliphatic rings. The molecule has 0 bridgehead atoms. The van der Waals surface area contributed by atoms with Gasteiger partial charge in [-0.1, -0.05) is 48.0 Å². The Labute approximate surface area is 116 Å². The lowest BCUT2D eigenvalue weighted by Gasteiger charge is -2.18. The van der Waals surface area contributed by atoms with Gasteiger partial charge in [0.25, 0.3) is 0 Å². The highest BCUT2D eigenvalue weighted by Gasteiger charge is 2.19. The van der Waals surface area contributed by atoms with Crippen LogP contribution in [0.3, 0.4) is 0 Å². The van der Waals surface area contributed by atoms with Crippen LogP contribution in [0.15, 0.2) is 48.5 Å². The lowest BCUT2D eigenvalue weighted by atomic mass is 10.1. The normalized spacial score (nSPS) is 11.9. The van der Waals surface area contributed by atoms with Crippen LogP contribution in [-0.2, 0) is 4.79 Å². The highest BCUT2D eigenvalue weighted by atomic mass is 35.5. The van der Waals surface area contributed by atoms with Crippen molar-refractivity contribution in [2.45, 2.75) is 13.0 Å². The van der Waals surface area contributed by atoms with E-state index in [4.69, 9.17) is 11.6 Å². The maximum Gasteiger partial charge on any atom is 0.330 e. The summed E-state index contributed by atoms with van der Waals surface area (Å²) in [5.74, 6) is -0.925. The predicted octanol–water partition coefficient (Wildman–Crippen LogP) is 3.89. The molecule has 2 aromatic carbocycles. The summed E-state index contributed by atoms with van der Waals surface area (Å²) in [6.07, 6.45) is 0. The second-order valence-corrected chi connectivity index (χ2v) is 4.72. The third-order valence-electron chi connectivity index (χ3n) is 2.88. The van der Waals surface area contributed by atoms with Gasteiger partial charge in [0.05, 0.1) is 0 Å². The molecule has 0 heterocycles. The third-order valence-corrected chi connectivity index (χ3v) is 3.11. The van der Waals surface area contributed by atoms with Crippen LogP contribution >= 0.6 is 11.6 Å². The van der Waals surface area contributed by atoms with E-state index >= 15 is 0 Å². The van der Waals surface area contributed by atoms with Crippen LogP contribution in [0, 0.1) is 6.92 Å². The van der Waals surface area contributed by atoms with Crippen molar-refractivity contribution in [1.82, 2.24) is 0 Å². The number of aliphatic carboxylic acids is 1. The van der Waals surface area contributed by atoms with E-state index in [1.807, 2.05) is 31.2 Å². The summed E-state index contributed by atoms with van der Waals surface area (Å²) in [4.78, 5) is 11.4. The van der Waals surface area contributed by atoms with E-state index in [1.165, 1.54) is 0 Å². The molecule has 0 radical (unpaired) electrons. The molecule has 0 aromatic heterocycles. The van der Waals surface area contributed by atoms with Crippen molar-refractivity contribution in [2.24, 2.45) is 0 Å². The van der Waals surface area contributed by atoms with Crippen molar-refractivity contribution in [1.29, 1.82) is 0 Å². The van der Waals surface area contributed by atoms with Crippen LogP contribution in [0.4, 0.5) is 5.69 Å². The lowest BCUT2D eigenvalue weighted by molar-refractivity contribution is -0.138. The molecule has 0 amide bonds. The average molecular weight is 276 g/mol. The van der Waals surface area contributed by atoms with E-state index < -0.39 is 12.0 Å². The van der Waals surface area contributed by atoms with Gasteiger partial charge >= 0.3 is 5.97 Å². The van der Waals surface area contributed by atoms with E-state index in [9.17, 15) is 9.90 Å². The summed E-state index contributed by atoms with van der Waals surface area (Å²) in [6.45, 7) is 1.91. The average Bonchev–Trinajstić information content (AvgIpc) is 2.40. The van der Waals surface area contributed by atoms with Gasteiger partial charge in [-0.05, 0) is 30.2 Å². The van der Waals surface area contributed by atoms with E-state index in [0.29, 0.717) is 10.6 Å². The molecule has 19 heavy (non-hydrogen) atoms. The minimum absolute atomic E-state index is 0.574. The Hall–Kier alpha value is -2.00. The van der Waals surface area contributed by atoms with Crippen LogP contribution in [0.25, 0.3) is 0 Å². The highest BCUT2D eigenvalue weighted by Crippen LogP contribution is 2.25. The van der Waals surface area contributed by atoms with Gasteiger partial charge in [-0.3, -0.25) is 0 Å². The molecule has 1 atom stereocenters. The third kappa shape index (κ3) is 3.26. The molecule has 0 aliphatic heterocycles. The molecular weight excluding hydrogens is 262 g/mol. The number of carbonyl (C=O) groups is 1. The van der Waals surface area contributed by atoms with E-state index in [-0.39, 0.29) is 0 Å². The second-order valence-electron chi connectivity index (χ2n) is 4.29. The standard InChI is InChI=1S/C15H14ClNO2/c1-10-7-8-12(16)9-13(10)17-14(15(18)19)11-5-3-2-4-6-11/h2-9,14,17H,1H3,(H,18,19). The fourth-order valence-corrected chi connectivity index (χ4v) is 2.01. The number of hydrogen-bond acceptors (Lipinski definition) is 2. The van der Waals surface area contributed by atoms with Gasteiger partial charge in [0, 0.05) is 10.7 Å². The number of rotatable bonds is 4. The molecule has 98 valence electrons. The minimum atomic E-state index is -0.925. The van der Waals surface area contributed by atoms with Crippen molar-refractivity contribution >= 4 is 23.3 Å². The number of anilines is 1. The summed E-state index contributed by atoms with van der Waals surface area (Å²) in [5, 5.41) is 12.9. The number of nitrogens with one attached hydrogen (secondary N) is 1. The van der Waals surface area contributed by atoms with Gasteiger partial charge in [0.1, 0.15) is 0 Å². The van der Waals surface area contributed by atoms with Gasteiger partial charge in [-0.15, -0.1) is 0 Å². The van der Waals surface area contributed by atoms with Crippen molar-refractivity contribution in [3.05, 3.63) is 64.7 Å². The monoisotopic (exact) mass is 275 g/mol. The Morgan fingerprint density at radius 3 is 2.53 bits per heavy atom. The Morgan fingerprint density at radius 2 is 1.89 bits per heavy atom. The Balaban J connectivity index is 2.32. The summed E-state index contributed by atoms with van der Waals surface area (Å²) < 4.78 is 0. The molecule has 3 nitrogen and oxygen atoms in total. The zero-order chi connectivity index (χ0) is 13.8. The molecule has 0 saturated carbocycles. The topological polar surface area (TPSA) is 49.3 Å². The molecule has 2 aromatic rings. The molecule has 1 unspecified atom stereocenters. The number of aryl methyl sites for hydroxylation is 1. The lowest BCUT2D eigenvalue weighted by Crippen LogP contribution is -2.20. The molecule has 0 aliphatic carbocycles. The molecule has 4 heteroatoms. The zero-order valence-corrected chi connectivity index (χ0v) is 11.2. The Morgan fingerprint density at radius 1 is 1.21 bits per heavy atom. The summed E-state index contributed by atoms with van der Waals surface area (Å²) in [6, 6.07) is 13.6. The maximum atomic E-state index is 11.4. The summed E-state index contributed by atoms with van der Waals surface area (Å²) in [7, 11) is 0. The minimum Gasteiger partial charge on any atom is -0.479 e. The van der Waals surface area contributed by atoms with Crippen molar-refractivity contribution < 1.29 is 9.90 Å². The molecule has 0 spiro atoms. The largest absolute Gasteiger partial charge is 0.479 e. The molecule has 0 saturated heterocycles. The van der Waals surface area contributed by atoms with Gasteiger partial charge in [-0.25, -0.2) is 4.79 Å². The van der Waals surface area contributed by atoms with Gasteiger partial charge in [-0.2, -0.15) is 0 Å². The number of halogens is 1. The number of hydrogen-bond donors (Lipinski definition) is 2. The number of carboxylic acid groups (broad SMARTS) is 1. The van der Waals surface area contributed by atoms with Crippen LogP contribution in [0.2, 0.25) is 5.02 Å². The van der Waals surface area contributed by atoms with Crippen LogP contribution in [0.1, 0.15) is 17.2 Å². The number of benzene rings is 2. The van der Waals surface area contributed by atoms with Crippen LogP contribution in [-0.4, -0.2) is 11.1 Å². The first-order valence-corrected chi connectivity index (χ1v) is 6.26. The fourth-order valence-electron chi connectivity index (χ4n) is 1.84. The van der Waals surface area contributed by atoms with E-state index in [2.05, 4.69) is 5.32 Å².